The number of carbonyl (C=O) groups is 1. The van der Waals surface area contributed by atoms with Gasteiger partial charge in [-0.1, -0.05) is 42.5 Å². The summed E-state index contributed by atoms with van der Waals surface area (Å²) in [5, 5.41) is 4.95. The first kappa shape index (κ1) is 22.6. The molecule has 3 N–H and O–H groups in total. The zero-order valence-electron chi connectivity index (χ0n) is 20.7. The van der Waals surface area contributed by atoms with Gasteiger partial charge in [-0.3, -0.25) is 4.79 Å². The van der Waals surface area contributed by atoms with Crippen LogP contribution in [-0.2, 0) is 11.3 Å². The summed E-state index contributed by atoms with van der Waals surface area (Å²) in [4.78, 5) is 17.3. The number of rotatable bonds is 4. The minimum atomic E-state index is -0.275. The van der Waals surface area contributed by atoms with Crippen molar-refractivity contribution in [1.82, 2.24) is 10.3 Å². The summed E-state index contributed by atoms with van der Waals surface area (Å²) in [5.74, 6) is 0.0632. The molecule has 6 heteroatoms. The number of nitrogens with zero attached hydrogens (tertiary/aromatic N) is 1. The van der Waals surface area contributed by atoms with Gasteiger partial charge in [0.15, 0.2) is 0 Å². The van der Waals surface area contributed by atoms with Crippen LogP contribution in [0.2, 0.25) is 0 Å². The smallest absolute Gasteiger partial charge is 0.251 e. The summed E-state index contributed by atoms with van der Waals surface area (Å²) >= 11 is 0. The Kier molecular flexibility index (Phi) is 5.06. The van der Waals surface area contributed by atoms with Crippen LogP contribution in [0.3, 0.4) is 0 Å². The van der Waals surface area contributed by atoms with Crippen LogP contribution >= 0.6 is 0 Å². The van der Waals surface area contributed by atoms with E-state index in [1.165, 1.54) is 6.07 Å². The molecule has 2 aliphatic rings. The van der Waals surface area contributed by atoms with Crippen molar-refractivity contribution >= 4 is 22.5 Å². The van der Waals surface area contributed by atoms with Crippen molar-refractivity contribution in [2.75, 3.05) is 5.73 Å². The fraction of sp³-hybridized carbons (Fsp3) is 0.125. The number of anilines is 1. The van der Waals surface area contributed by atoms with Gasteiger partial charge in [0.1, 0.15) is 23.8 Å². The number of aryl methyl sites for hydroxylation is 1. The molecule has 2 unspecified atom stereocenters. The predicted molar refractivity (Wildman–Crippen MR) is 145 cm³/mol. The average Bonchev–Trinajstić information content (AvgIpc) is 3.49. The van der Waals surface area contributed by atoms with E-state index in [1.54, 1.807) is 18.3 Å². The van der Waals surface area contributed by atoms with E-state index >= 15 is 0 Å². The molecule has 1 aromatic heterocycles. The molecule has 5 aromatic rings. The van der Waals surface area contributed by atoms with Crippen molar-refractivity contribution < 1.29 is 13.9 Å². The van der Waals surface area contributed by atoms with Crippen LogP contribution in [0.25, 0.3) is 21.9 Å². The lowest BCUT2D eigenvalue weighted by Gasteiger charge is -2.18. The Bertz CT molecular complexity index is 1780. The molecule has 186 valence electrons. The van der Waals surface area contributed by atoms with Crippen LogP contribution in [-0.4, -0.2) is 10.9 Å². The topological polar surface area (TPSA) is 77.2 Å². The normalized spacial score (nSPS) is 16.9. The van der Waals surface area contributed by atoms with E-state index in [0.717, 1.165) is 49.7 Å². The number of carbonyl (C=O) groups excluding carboxylic acids is 1. The Morgan fingerprint density at radius 2 is 1.71 bits per heavy atom. The number of nitrogen functional groups attached to an aromatic ring is 1. The number of benzene rings is 4. The van der Waals surface area contributed by atoms with Crippen molar-refractivity contribution in [3.05, 3.63) is 130 Å². The van der Waals surface area contributed by atoms with Crippen LogP contribution in [0.5, 0.6) is 0 Å². The number of halogens is 1. The van der Waals surface area contributed by atoms with Crippen molar-refractivity contribution in [1.29, 1.82) is 0 Å². The Hall–Kier alpha value is -4.55. The van der Waals surface area contributed by atoms with Crippen LogP contribution in [0.4, 0.5) is 10.2 Å². The summed E-state index contributed by atoms with van der Waals surface area (Å²) in [6, 6.07) is 24.5. The molecule has 38 heavy (non-hydrogen) atoms. The third kappa shape index (κ3) is 3.49. The van der Waals surface area contributed by atoms with Crippen LogP contribution in [0, 0.1) is 12.7 Å². The third-order valence-corrected chi connectivity index (χ3v) is 7.71. The van der Waals surface area contributed by atoms with Crippen LogP contribution in [0.15, 0.2) is 85.1 Å². The van der Waals surface area contributed by atoms with Gasteiger partial charge in [0.05, 0.1) is 0 Å². The maximum atomic E-state index is 14.4. The molecular weight excluding hydrogens is 477 g/mol. The number of pyridine rings is 1. The molecule has 0 saturated carbocycles. The fourth-order valence-corrected chi connectivity index (χ4v) is 5.72. The van der Waals surface area contributed by atoms with Crippen molar-refractivity contribution in [2.24, 2.45) is 0 Å². The molecule has 0 aliphatic carbocycles. The SMILES string of the molecule is Cc1cc2ccnc(N)c2cc1CNC(=O)c1ccc2c(c1)C1OC2c2ccc(-c3ccccc3F)cc21. The Balaban J connectivity index is 1.15. The molecule has 2 aliphatic heterocycles. The number of fused-ring (bicyclic) bond motifs is 9. The second-order valence-corrected chi connectivity index (χ2v) is 9.94. The molecule has 3 heterocycles. The number of hydrogen-bond acceptors (Lipinski definition) is 4. The number of aromatic nitrogens is 1. The molecule has 0 radical (unpaired) electrons. The molecular formula is C32H24FN3O2. The lowest BCUT2D eigenvalue weighted by molar-refractivity contribution is 0.0857. The molecule has 0 saturated heterocycles. The number of amides is 1. The van der Waals surface area contributed by atoms with E-state index in [4.69, 9.17) is 10.5 Å². The van der Waals surface area contributed by atoms with E-state index in [9.17, 15) is 9.18 Å². The zero-order valence-corrected chi connectivity index (χ0v) is 20.7. The van der Waals surface area contributed by atoms with Gasteiger partial charge in [0.2, 0.25) is 0 Å². The largest absolute Gasteiger partial charge is 0.383 e. The first-order chi connectivity index (χ1) is 18.5. The summed E-state index contributed by atoms with van der Waals surface area (Å²) < 4.78 is 20.8. The van der Waals surface area contributed by atoms with Crippen LogP contribution < -0.4 is 11.1 Å². The number of nitrogens with one attached hydrogen (secondary N) is 1. The number of nitrogens with two attached hydrogens (primary N) is 1. The standard InChI is InChI=1S/C32H24FN3O2/c1-17-12-19-10-11-35-31(34)25(19)15-21(17)16-36-32(37)20-7-9-24-27(14-20)30-26-13-18(6-8-23(26)29(24)38-30)22-4-2-3-5-28(22)33/h2-15,29-30H,16H2,1H3,(H2,34,35)(H,36,37). The van der Waals surface area contributed by atoms with E-state index < -0.39 is 0 Å². The minimum absolute atomic E-state index is 0.158. The Morgan fingerprint density at radius 1 is 0.947 bits per heavy atom. The van der Waals surface area contributed by atoms with Crippen molar-refractivity contribution in [3.8, 4) is 11.1 Å². The summed E-state index contributed by atoms with van der Waals surface area (Å²) in [6.07, 6.45) is 1.25. The lowest BCUT2D eigenvalue weighted by atomic mass is 9.83. The maximum absolute atomic E-state index is 14.4. The van der Waals surface area contributed by atoms with Gasteiger partial charge >= 0.3 is 0 Å². The monoisotopic (exact) mass is 501 g/mol. The summed E-state index contributed by atoms with van der Waals surface area (Å²) in [5.41, 5.74) is 14.3. The van der Waals surface area contributed by atoms with Gasteiger partial charge in [0.25, 0.3) is 5.91 Å². The maximum Gasteiger partial charge on any atom is 0.251 e. The third-order valence-electron chi connectivity index (χ3n) is 7.71. The zero-order chi connectivity index (χ0) is 26.0. The van der Waals surface area contributed by atoms with Gasteiger partial charge in [-0.2, -0.15) is 0 Å². The molecule has 7 rings (SSSR count). The van der Waals surface area contributed by atoms with Crippen molar-refractivity contribution in [3.63, 3.8) is 0 Å². The highest BCUT2D eigenvalue weighted by molar-refractivity contribution is 5.95. The second kappa shape index (κ2) is 8.50. The fourth-order valence-electron chi connectivity index (χ4n) is 5.72. The first-order valence-electron chi connectivity index (χ1n) is 12.6. The highest BCUT2D eigenvalue weighted by Gasteiger charge is 2.43. The second-order valence-electron chi connectivity index (χ2n) is 9.94. The van der Waals surface area contributed by atoms with E-state index in [-0.39, 0.29) is 23.9 Å². The minimum Gasteiger partial charge on any atom is -0.383 e. The van der Waals surface area contributed by atoms with Gasteiger partial charge in [-0.25, -0.2) is 9.37 Å². The molecule has 4 aromatic carbocycles. The Labute approximate surface area is 219 Å². The quantitative estimate of drug-likeness (QED) is 0.299. The first-order valence-corrected chi connectivity index (χ1v) is 12.6. The number of ether oxygens (including phenoxy) is 1. The summed E-state index contributed by atoms with van der Waals surface area (Å²) in [7, 11) is 0. The lowest BCUT2D eigenvalue weighted by Crippen LogP contribution is -2.23. The van der Waals surface area contributed by atoms with E-state index in [0.29, 0.717) is 23.5 Å². The predicted octanol–water partition coefficient (Wildman–Crippen LogP) is 6.38. The molecule has 1 amide bonds. The molecule has 2 atom stereocenters. The van der Waals surface area contributed by atoms with Gasteiger partial charge in [-0.15, -0.1) is 0 Å². The molecule has 0 spiro atoms. The van der Waals surface area contributed by atoms with Gasteiger partial charge < -0.3 is 15.8 Å². The highest BCUT2D eigenvalue weighted by Crippen LogP contribution is 2.54. The summed E-state index contributed by atoms with van der Waals surface area (Å²) in [6.45, 7) is 2.40. The molecule has 2 bridgehead atoms. The van der Waals surface area contributed by atoms with Crippen LogP contribution in [0.1, 0.15) is 55.9 Å². The van der Waals surface area contributed by atoms with E-state index in [2.05, 4.69) is 16.4 Å². The Morgan fingerprint density at radius 3 is 2.55 bits per heavy atom. The van der Waals surface area contributed by atoms with Crippen molar-refractivity contribution in [2.45, 2.75) is 25.7 Å². The average molecular weight is 502 g/mol. The molecule has 0 fully saturated rings. The van der Waals surface area contributed by atoms with E-state index in [1.807, 2.05) is 61.5 Å². The highest BCUT2D eigenvalue weighted by atomic mass is 19.1. The number of hydrogen-bond donors (Lipinski definition) is 2. The van der Waals surface area contributed by atoms with Gasteiger partial charge in [0, 0.05) is 29.3 Å². The van der Waals surface area contributed by atoms with Gasteiger partial charge in [-0.05, 0) is 87.7 Å². The molecule has 5 nitrogen and oxygen atoms in total.